The van der Waals surface area contributed by atoms with Crippen LogP contribution >= 0.6 is 0 Å². The van der Waals surface area contributed by atoms with E-state index in [-0.39, 0.29) is 12.5 Å². The van der Waals surface area contributed by atoms with Crippen LogP contribution in [0.25, 0.3) is 0 Å². The fraction of sp³-hybridized carbons (Fsp3) is 0.692. The van der Waals surface area contributed by atoms with Crippen LogP contribution in [0, 0.1) is 0 Å². The Labute approximate surface area is 114 Å². The third-order valence-electron chi connectivity index (χ3n) is 3.50. The molecule has 1 saturated heterocycles. The average molecular weight is 269 g/mol. The maximum atomic E-state index is 11.9. The van der Waals surface area contributed by atoms with Gasteiger partial charge >= 0.3 is 12.0 Å². The molecule has 2 amide bonds. The molecule has 1 fully saturated rings. The molecule has 1 aliphatic heterocycles. The molecule has 108 valence electrons. The molecule has 2 atom stereocenters. The summed E-state index contributed by atoms with van der Waals surface area (Å²) >= 11 is 0. The number of likely N-dealkylation sites (N-methyl/N-ethyl adjacent to an activating group) is 2. The van der Waals surface area contributed by atoms with E-state index in [4.69, 9.17) is 5.11 Å². The van der Waals surface area contributed by atoms with Crippen molar-refractivity contribution in [1.29, 1.82) is 0 Å². The van der Waals surface area contributed by atoms with Crippen molar-refractivity contribution in [2.24, 2.45) is 0 Å². The van der Waals surface area contributed by atoms with Crippen LogP contribution in [-0.2, 0) is 4.79 Å². The number of hydrogen-bond acceptors (Lipinski definition) is 3. The predicted octanol–water partition coefficient (Wildman–Crippen LogP) is 0.751. The molecule has 6 heteroatoms. The molecule has 6 nitrogen and oxygen atoms in total. The number of carboxylic acid groups (broad SMARTS) is 1. The SMILES string of the molecule is C=CCC(NC(=O)N(C)CC1CCCN1C)C(=O)O. The van der Waals surface area contributed by atoms with E-state index in [2.05, 4.69) is 16.8 Å². The average Bonchev–Trinajstić information content (AvgIpc) is 2.74. The Morgan fingerprint density at radius 3 is 2.79 bits per heavy atom. The summed E-state index contributed by atoms with van der Waals surface area (Å²) in [6.45, 7) is 5.16. The van der Waals surface area contributed by atoms with Crippen molar-refractivity contribution in [1.82, 2.24) is 15.1 Å². The van der Waals surface area contributed by atoms with E-state index >= 15 is 0 Å². The number of carbonyl (C=O) groups is 2. The number of urea groups is 1. The van der Waals surface area contributed by atoms with Gasteiger partial charge in [-0.3, -0.25) is 0 Å². The number of nitrogens with one attached hydrogen (secondary N) is 1. The normalized spacial score (nSPS) is 20.8. The lowest BCUT2D eigenvalue weighted by molar-refractivity contribution is -0.139. The van der Waals surface area contributed by atoms with Crippen LogP contribution in [0.2, 0.25) is 0 Å². The molecule has 2 unspecified atom stereocenters. The Kier molecular flexibility index (Phi) is 5.82. The first kappa shape index (κ1) is 15.5. The largest absolute Gasteiger partial charge is 0.480 e. The van der Waals surface area contributed by atoms with Crippen molar-refractivity contribution in [2.45, 2.75) is 31.3 Å². The first-order chi connectivity index (χ1) is 8.95. The molecule has 0 spiro atoms. The lowest BCUT2D eigenvalue weighted by Crippen LogP contribution is -2.49. The van der Waals surface area contributed by atoms with Crippen LogP contribution < -0.4 is 5.32 Å². The van der Waals surface area contributed by atoms with Crippen molar-refractivity contribution < 1.29 is 14.7 Å². The highest BCUT2D eigenvalue weighted by molar-refractivity contribution is 5.82. The minimum absolute atomic E-state index is 0.220. The van der Waals surface area contributed by atoms with Gasteiger partial charge in [0.2, 0.25) is 0 Å². The molecule has 0 aromatic rings. The molecule has 2 N–H and O–H groups in total. The third-order valence-corrected chi connectivity index (χ3v) is 3.50. The molecule has 1 heterocycles. The van der Waals surface area contributed by atoms with Gasteiger partial charge in [-0.1, -0.05) is 6.08 Å². The minimum Gasteiger partial charge on any atom is -0.480 e. The van der Waals surface area contributed by atoms with Crippen LogP contribution in [0.4, 0.5) is 4.79 Å². The van der Waals surface area contributed by atoms with Crippen molar-refractivity contribution >= 4 is 12.0 Å². The maximum absolute atomic E-state index is 11.9. The van der Waals surface area contributed by atoms with E-state index in [1.807, 2.05) is 7.05 Å². The summed E-state index contributed by atoms with van der Waals surface area (Å²) in [5, 5.41) is 11.5. The smallest absolute Gasteiger partial charge is 0.326 e. The summed E-state index contributed by atoms with van der Waals surface area (Å²) in [6, 6.07) is -0.901. The molecule has 0 bridgehead atoms. The van der Waals surface area contributed by atoms with Gasteiger partial charge in [-0.05, 0) is 32.9 Å². The number of carbonyl (C=O) groups excluding carboxylic acids is 1. The Balaban J connectivity index is 2.46. The zero-order valence-electron chi connectivity index (χ0n) is 11.6. The molecule has 0 saturated carbocycles. The fourth-order valence-corrected chi connectivity index (χ4v) is 2.26. The Morgan fingerprint density at radius 1 is 1.63 bits per heavy atom. The van der Waals surface area contributed by atoms with Crippen LogP contribution in [0.5, 0.6) is 0 Å². The van der Waals surface area contributed by atoms with E-state index in [9.17, 15) is 9.59 Å². The van der Waals surface area contributed by atoms with Gasteiger partial charge in [0.05, 0.1) is 0 Å². The lowest BCUT2D eigenvalue weighted by atomic mass is 10.2. The number of carboxylic acids is 1. The molecule has 0 aromatic carbocycles. The minimum atomic E-state index is -1.04. The van der Waals surface area contributed by atoms with Crippen LogP contribution in [-0.4, -0.2) is 66.2 Å². The van der Waals surface area contributed by atoms with E-state index < -0.39 is 12.0 Å². The molecule has 1 aliphatic rings. The highest BCUT2D eigenvalue weighted by Gasteiger charge is 2.25. The van der Waals surface area contributed by atoms with Gasteiger partial charge in [0.1, 0.15) is 6.04 Å². The second kappa shape index (κ2) is 7.13. The van der Waals surface area contributed by atoms with Crippen LogP contribution in [0.1, 0.15) is 19.3 Å². The lowest BCUT2D eigenvalue weighted by Gasteiger charge is -2.27. The molecular formula is C13H23N3O3. The number of rotatable bonds is 6. The molecular weight excluding hydrogens is 246 g/mol. The topological polar surface area (TPSA) is 72.9 Å². The summed E-state index contributed by atoms with van der Waals surface area (Å²) in [7, 11) is 3.73. The van der Waals surface area contributed by atoms with E-state index in [1.54, 1.807) is 11.9 Å². The highest BCUT2D eigenvalue weighted by atomic mass is 16.4. The summed E-state index contributed by atoms with van der Waals surface area (Å²) in [4.78, 5) is 26.7. The van der Waals surface area contributed by atoms with Gasteiger partial charge in [-0.25, -0.2) is 9.59 Å². The van der Waals surface area contributed by atoms with Gasteiger partial charge in [-0.15, -0.1) is 6.58 Å². The third kappa shape index (κ3) is 4.55. The van der Waals surface area contributed by atoms with E-state index in [0.29, 0.717) is 12.6 Å². The van der Waals surface area contributed by atoms with Crippen molar-refractivity contribution in [3.05, 3.63) is 12.7 Å². The molecule has 0 aliphatic carbocycles. The fourth-order valence-electron chi connectivity index (χ4n) is 2.26. The van der Waals surface area contributed by atoms with Gasteiger partial charge < -0.3 is 20.2 Å². The highest BCUT2D eigenvalue weighted by Crippen LogP contribution is 2.15. The van der Waals surface area contributed by atoms with Gasteiger partial charge in [0.15, 0.2) is 0 Å². The molecule has 19 heavy (non-hydrogen) atoms. The second-order valence-corrected chi connectivity index (χ2v) is 5.02. The number of aliphatic carboxylic acids is 1. The number of nitrogens with zero attached hydrogens (tertiary/aromatic N) is 2. The number of likely N-dealkylation sites (tertiary alicyclic amines) is 1. The maximum Gasteiger partial charge on any atom is 0.326 e. The Morgan fingerprint density at radius 2 is 2.32 bits per heavy atom. The first-order valence-corrected chi connectivity index (χ1v) is 6.51. The standard InChI is InChI=1S/C13H23N3O3/c1-4-6-11(12(17)18)14-13(19)16(3)9-10-7-5-8-15(10)2/h4,10-11H,1,5-9H2,2-3H3,(H,14,19)(H,17,18). The molecule has 0 aromatic heterocycles. The quantitative estimate of drug-likeness (QED) is 0.698. The summed E-state index contributed by atoms with van der Waals surface area (Å²) < 4.78 is 0. The predicted molar refractivity (Wildman–Crippen MR) is 73.1 cm³/mol. The zero-order valence-corrected chi connectivity index (χ0v) is 11.6. The monoisotopic (exact) mass is 269 g/mol. The zero-order chi connectivity index (χ0) is 14.4. The number of amides is 2. The molecule has 1 rings (SSSR count). The summed E-state index contributed by atoms with van der Waals surface area (Å²) in [5.41, 5.74) is 0. The van der Waals surface area contributed by atoms with Crippen molar-refractivity contribution in [2.75, 3.05) is 27.2 Å². The summed E-state index contributed by atoms with van der Waals surface area (Å²) in [6.07, 6.45) is 3.93. The Hall–Kier alpha value is -1.56. The first-order valence-electron chi connectivity index (χ1n) is 6.51. The van der Waals surface area contributed by atoms with Crippen LogP contribution in [0.15, 0.2) is 12.7 Å². The van der Waals surface area contributed by atoms with Crippen molar-refractivity contribution in [3.63, 3.8) is 0 Å². The van der Waals surface area contributed by atoms with Crippen molar-refractivity contribution in [3.8, 4) is 0 Å². The number of hydrogen-bond donors (Lipinski definition) is 2. The van der Waals surface area contributed by atoms with E-state index in [1.165, 1.54) is 6.08 Å². The van der Waals surface area contributed by atoms with Gasteiger partial charge in [0, 0.05) is 19.6 Å². The van der Waals surface area contributed by atoms with Gasteiger partial charge in [0.25, 0.3) is 0 Å². The molecule has 0 radical (unpaired) electrons. The van der Waals surface area contributed by atoms with Gasteiger partial charge in [-0.2, -0.15) is 0 Å². The van der Waals surface area contributed by atoms with E-state index in [0.717, 1.165) is 19.4 Å². The second-order valence-electron chi connectivity index (χ2n) is 5.02. The Bertz CT molecular complexity index is 346. The van der Waals surface area contributed by atoms with Crippen LogP contribution in [0.3, 0.4) is 0 Å². The summed E-state index contributed by atoms with van der Waals surface area (Å²) in [5.74, 6) is -1.04.